The number of Topliss-reactive ketones (excluding diaryl/α,β-unsaturated/α-hetero) is 1. The van der Waals surface area contributed by atoms with Crippen LogP contribution in [-0.4, -0.2) is 50.1 Å². The van der Waals surface area contributed by atoms with E-state index in [1.165, 1.54) is 0 Å². The van der Waals surface area contributed by atoms with Gasteiger partial charge in [0.15, 0.2) is 5.78 Å². The molecule has 28 heavy (non-hydrogen) atoms. The minimum absolute atomic E-state index is 0.0405. The van der Waals surface area contributed by atoms with Gasteiger partial charge in [0.1, 0.15) is 19.0 Å². The number of rotatable bonds is 11. The summed E-state index contributed by atoms with van der Waals surface area (Å²) in [5.74, 6) is 3.27. The van der Waals surface area contributed by atoms with Gasteiger partial charge in [-0.05, 0) is 50.2 Å². The third kappa shape index (κ3) is 7.19. The van der Waals surface area contributed by atoms with Gasteiger partial charge in [0, 0.05) is 24.2 Å². The molecule has 1 aliphatic carbocycles. The second kappa shape index (κ2) is 12.0. The Labute approximate surface area is 168 Å². The zero-order valence-corrected chi connectivity index (χ0v) is 16.8. The molecule has 0 fully saturated rings. The van der Waals surface area contributed by atoms with Gasteiger partial charge < -0.3 is 9.47 Å². The van der Waals surface area contributed by atoms with Gasteiger partial charge in [-0.15, -0.1) is 6.42 Å². The number of terminal acetylenes is 1. The quantitative estimate of drug-likeness (QED) is 0.330. The molecular weight excluding hydrogens is 350 g/mol. The topological polar surface area (TPSA) is 38.8 Å². The lowest BCUT2D eigenvalue weighted by atomic mass is 10.0. The van der Waals surface area contributed by atoms with Crippen molar-refractivity contribution in [3.63, 3.8) is 0 Å². The maximum absolute atomic E-state index is 12.7. The summed E-state index contributed by atoms with van der Waals surface area (Å²) in [7, 11) is 0. The van der Waals surface area contributed by atoms with E-state index in [0.717, 1.165) is 43.0 Å². The molecule has 0 atom stereocenters. The third-order valence-electron chi connectivity index (χ3n) is 4.48. The third-order valence-corrected chi connectivity index (χ3v) is 4.48. The van der Waals surface area contributed by atoms with Gasteiger partial charge in [-0.25, -0.2) is 0 Å². The minimum Gasteiger partial charge on any atom is -0.492 e. The van der Waals surface area contributed by atoms with Crippen molar-refractivity contribution in [3.8, 4) is 18.1 Å². The molecule has 1 aliphatic rings. The molecular formula is C24H29NO3. The van der Waals surface area contributed by atoms with Crippen molar-refractivity contribution in [2.45, 2.75) is 20.3 Å². The van der Waals surface area contributed by atoms with Crippen LogP contribution in [0.5, 0.6) is 5.75 Å². The number of carbonyl (C=O) groups is 1. The standard InChI is InChI=1S/C24H29NO3/c1-4-16-27-17-14-25(5-2)15-18-28-23-12-10-21(11-13-23)24(26)22-9-7-6-8-20(3)19-22/h1,6,8-13,19H,5,7,14-18H2,2-3H3. The Morgan fingerprint density at radius 2 is 1.96 bits per heavy atom. The number of allylic oxidation sites excluding steroid dienone is 6. The number of hydrogen-bond acceptors (Lipinski definition) is 4. The van der Waals surface area contributed by atoms with E-state index in [-0.39, 0.29) is 5.78 Å². The lowest BCUT2D eigenvalue weighted by Crippen LogP contribution is -2.31. The van der Waals surface area contributed by atoms with Crippen molar-refractivity contribution in [2.24, 2.45) is 0 Å². The van der Waals surface area contributed by atoms with E-state index < -0.39 is 0 Å². The SMILES string of the molecule is C#CCOCCN(CC)CCOc1ccc(C(=O)C2=CCC=CC(C)=C2)cc1. The largest absolute Gasteiger partial charge is 0.492 e. The first-order chi connectivity index (χ1) is 13.6. The number of nitrogens with zero attached hydrogens (tertiary/aromatic N) is 1. The van der Waals surface area contributed by atoms with Crippen LogP contribution in [0.3, 0.4) is 0 Å². The molecule has 0 heterocycles. The van der Waals surface area contributed by atoms with Gasteiger partial charge in [-0.1, -0.05) is 36.6 Å². The molecule has 148 valence electrons. The van der Waals surface area contributed by atoms with Gasteiger partial charge in [0.05, 0.1) is 6.61 Å². The van der Waals surface area contributed by atoms with E-state index in [9.17, 15) is 4.79 Å². The zero-order valence-electron chi connectivity index (χ0n) is 16.8. The number of ether oxygens (including phenoxy) is 2. The number of carbonyl (C=O) groups excluding carboxylic acids is 1. The summed E-state index contributed by atoms with van der Waals surface area (Å²) in [5, 5.41) is 0. The van der Waals surface area contributed by atoms with Gasteiger partial charge in [0.2, 0.25) is 0 Å². The lowest BCUT2D eigenvalue weighted by molar-refractivity contribution is 0.103. The highest BCUT2D eigenvalue weighted by molar-refractivity contribution is 6.10. The number of hydrogen-bond donors (Lipinski definition) is 0. The Hall–Kier alpha value is -2.61. The van der Waals surface area contributed by atoms with Crippen molar-refractivity contribution < 1.29 is 14.3 Å². The molecule has 0 spiro atoms. The Morgan fingerprint density at radius 3 is 2.68 bits per heavy atom. The fourth-order valence-corrected chi connectivity index (χ4v) is 2.87. The van der Waals surface area contributed by atoms with Gasteiger partial charge in [0.25, 0.3) is 0 Å². The summed E-state index contributed by atoms with van der Waals surface area (Å²) < 4.78 is 11.1. The molecule has 0 aromatic heterocycles. The fraction of sp³-hybridized carbons (Fsp3) is 0.375. The van der Waals surface area contributed by atoms with Crippen LogP contribution in [0.25, 0.3) is 0 Å². The smallest absolute Gasteiger partial charge is 0.192 e. The molecule has 0 unspecified atom stereocenters. The first-order valence-electron chi connectivity index (χ1n) is 9.70. The van der Waals surface area contributed by atoms with Crippen LogP contribution in [0, 0.1) is 12.3 Å². The van der Waals surface area contributed by atoms with Crippen LogP contribution in [0.15, 0.2) is 59.7 Å². The highest BCUT2D eigenvalue weighted by Gasteiger charge is 2.11. The van der Waals surface area contributed by atoms with Gasteiger partial charge in [-0.3, -0.25) is 9.69 Å². The van der Waals surface area contributed by atoms with Crippen molar-refractivity contribution in [3.05, 3.63) is 65.3 Å². The molecule has 0 N–H and O–H groups in total. The number of benzene rings is 1. The molecule has 0 aliphatic heterocycles. The first-order valence-corrected chi connectivity index (χ1v) is 9.70. The second-order valence-corrected chi connectivity index (χ2v) is 6.58. The average molecular weight is 380 g/mol. The number of likely N-dealkylation sites (N-methyl/N-ethyl adjacent to an activating group) is 1. The van der Waals surface area contributed by atoms with E-state index in [1.54, 1.807) is 0 Å². The average Bonchev–Trinajstić information content (AvgIpc) is 2.94. The monoisotopic (exact) mass is 379 g/mol. The lowest BCUT2D eigenvalue weighted by Gasteiger charge is -2.20. The van der Waals surface area contributed by atoms with Crippen molar-refractivity contribution in [1.82, 2.24) is 4.90 Å². The predicted octanol–water partition coefficient (Wildman–Crippen LogP) is 4.05. The Kier molecular flexibility index (Phi) is 9.27. The molecule has 0 radical (unpaired) electrons. The maximum Gasteiger partial charge on any atom is 0.192 e. The highest BCUT2D eigenvalue weighted by Crippen LogP contribution is 2.19. The van der Waals surface area contributed by atoms with Crippen molar-refractivity contribution in [2.75, 3.05) is 39.5 Å². The molecule has 2 rings (SSSR count). The van der Waals surface area contributed by atoms with Gasteiger partial charge >= 0.3 is 0 Å². The van der Waals surface area contributed by atoms with Crippen molar-refractivity contribution in [1.29, 1.82) is 0 Å². The van der Waals surface area contributed by atoms with Crippen LogP contribution in [0.4, 0.5) is 0 Å². The van der Waals surface area contributed by atoms with E-state index in [2.05, 4.69) is 23.8 Å². The molecule has 0 amide bonds. The molecule has 4 heteroatoms. The van der Waals surface area contributed by atoms with E-state index >= 15 is 0 Å². The molecule has 4 nitrogen and oxygen atoms in total. The molecule has 0 saturated carbocycles. The van der Waals surface area contributed by atoms with Crippen LogP contribution < -0.4 is 4.74 Å². The predicted molar refractivity (Wildman–Crippen MR) is 114 cm³/mol. The maximum atomic E-state index is 12.7. The Morgan fingerprint density at radius 1 is 1.21 bits per heavy atom. The Bertz CT molecular complexity index is 766. The normalized spacial score (nSPS) is 13.5. The summed E-state index contributed by atoms with van der Waals surface area (Å²) in [6.45, 7) is 8.21. The van der Waals surface area contributed by atoms with Crippen LogP contribution in [-0.2, 0) is 4.74 Å². The minimum atomic E-state index is 0.0405. The molecule has 1 aromatic rings. The zero-order chi connectivity index (χ0) is 20.2. The second-order valence-electron chi connectivity index (χ2n) is 6.58. The van der Waals surface area contributed by atoms with Gasteiger partial charge in [-0.2, -0.15) is 0 Å². The van der Waals surface area contributed by atoms with Crippen LogP contribution >= 0.6 is 0 Å². The summed E-state index contributed by atoms with van der Waals surface area (Å²) >= 11 is 0. The first kappa shape index (κ1) is 21.7. The fourth-order valence-electron chi connectivity index (χ4n) is 2.87. The summed E-state index contributed by atoms with van der Waals surface area (Å²) in [6, 6.07) is 7.35. The van der Waals surface area contributed by atoms with E-state index in [1.807, 2.05) is 49.4 Å². The van der Waals surface area contributed by atoms with Crippen molar-refractivity contribution >= 4 is 5.78 Å². The molecule has 0 saturated heterocycles. The summed E-state index contributed by atoms with van der Waals surface area (Å²) in [4.78, 5) is 14.9. The molecule has 0 bridgehead atoms. The summed E-state index contributed by atoms with van der Waals surface area (Å²) in [5.41, 5.74) is 2.49. The van der Waals surface area contributed by atoms with E-state index in [4.69, 9.17) is 15.9 Å². The number of ketones is 1. The highest BCUT2D eigenvalue weighted by atomic mass is 16.5. The van der Waals surface area contributed by atoms with Crippen LogP contribution in [0.2, 0.25) is 0 Å². The molecule has 1 aromatic carbocycles. The summed E-state index contributed by atoms with van der Waals surface area (Å²) in [6.07, 6.45) is 13.9. The van der Waals surface area contributed by atoms with E-state index in [0.29, 0.717) is 25.4 Å². The Balaban J connectivity index is 1.82. The van der Waals surface area contributed by atoms with Crippen LogP contribution in [0.1, 0.15) is 30.6 Å².